The molecule has 0 aliphatic carbocycles. The molecule has 102 valence electrons. The van der Waals surface area contributed by atoms with E-state index in [1.165, 1.54) is 0 Å². The van der Waals surface area contributed by atoms with Crippen LogP contribution in [0, 0.1) is 5.92 Å². The Morgan fingerprint density at radius 1 is 1.32 bits per heavy atom. The van der Waals surface area contributed by atoms with Crippen LogP contribution in [0.15, 0.2) is 24.4 Å². The van der Waals surface area contributed by atoms with Crippen LogP contribution in [0.25, 0.3) is 10.9 Å². The second kappa shape index (κ2) is 5.53. The molecular formula is C15H18ClNO2. The van der Waals surface area contributed by atoms with Gasteiger partial charge in [-0.1, -0.05) is 17.7 Å². The molecule has 0 atom stereocenters. The molecule has 1 aromatic carbocycles. The minimum Gasteiger partial charge on any atom is -0.392 e. The Labute approximate surface area is 117 Å². The van der Waals surface area contributed by atoms with Crippen molar-refractivity contribution in [1.29, 1.82) is 0 Å². The van der Waals surface area contributed by atoms with E-state index < -0.39 is 0 Å². The molecule has 1 fully saturated rings. The molecule has 3 nitrogen and oxygen atoms in total. The van der Waals surface area contributed by atoms with Crippen LogP contribution in [0.5, 0.6) is 0 Å². The number of aliphatic hydroxyl groups excluding tert-OH is 1. The zero-order valence-corrected chi connectivity index (χ0v) is 11.6. The Morgan fingerprint density at radius 2 is 2.11 bits per heavy atom. The number of aliphatic hydroxyl groups is 1. The van der Waals surface area contributed by atoms with Gasteiger partial charge in [-0.3, -0.25) is 0 Å². The molecule has 0 saturated carbocycles. The van der Waals surface area contributed by atoms with E-state index >= 15 is 0 Å². The zero-order chi connectivity index (χ0) is 13.2. The van der Waals surface area contributed by atoms with E-state index in [0.29, 0.717) is 5.92 Å². The molecule has 4 heteroatoms. The third-order valence-corrected chi connectivity index (χ3v) is 4.13. The maximum absolute atomic E-state index is 9.46. The lowest BCUT2D eigenvalue weighted by atomic mass is 10.0. The maximum Gasteiger partial charge on any atom is 0.0702 e. The summed E-state index contributed by atoms with van der Waals surface area (Å²) in [6.45, 7) is 2.76. The lowest BCUT2D eigenvalue weighted by Crippen LogP contribution is -2.20. The summed E-state index contributed by atoms with van der Waals surface area (Å²) in [4.78, 5) is 0. The number of halogens is 1. The van der Waals surface area contributed by atoms with Crippen LogP contribution >= 0.6 is 11.6 Å². The molecule has 1 aromatic heterocycles. The molecule has 3 rings (SSSR count). The summed E-state index contributed by atoms with van der Waals surface area (Å²) in [7, 11) is 0. The Balaban J connectivity index is 1.95. The number of nitrogens with zero attached hydrogens (tertiary/aromatic N) is 1. The standard InChI is InChI=1S/C15H18ClNO2/c16-13-1-2-14-12(10-18)9-17(15(14)7-13)8-11-3-5-19-6-4-11/h1-2,7,9,11,18H,3-6,8,10H2. The van der Waals surface area contributed by atoms with Gasteiger partial charge >= 0.3 is 0 Å². The van der Waals surface area contributed by atoms with Crippen molar-refractivity contribution < 1.29 is 9.84 Å². The highest BCUT2D eigenvalue weighted by Gasteiger charge is 2.16. The van der Waals surface area contributed by atoms with Gasteiger partial charge < -0.3 is 14.4 Å². The molecule has 2 aromatic rings. The van der Waals surface area contributed by atoms with E-state index in [9.17, 15) is 5.11 Å². The quantitative estimate of drug-likeness (QED) is 0.936. The minimum atomic E-state index is 0.0684. The molecule has 0 radical (unpaired) electrons. The fourth-order valence-electron chi connectivity index (χ4n) is 2.83. The number of rotatable bonds is 3. The second-order valence-corrected chi connectivity index (χ2v) is 5.62. The summed E-state index contributed by atoms with van der Waals surface area (Å²) in [6, 6.07) is 5.85. The monoisotopic (exact) mass is 279 g/mol. The van der Waals surface area contributed by atoms with Crippen molar-refractivity contribution in [2.45, 2.75) is 26.0 Å². The predicted molar refractivity (Wildman–Crippen MR) is 76.4 cm³/mol. The maximum atomic E-state index is 9.46. The highest BCUT2D eigenvalue weighted by Crippen LogP contribution is 2.27. The van der Waals surface area contributed by atoms with Crippen LogP contribution in [0.4, 0.5) is 0 Å². The third-order valence-electron chi connectivity index (χ3n) is 3.89. The van der Waals surface area contributed by atoms with Gasteiger partial charge in [0.25, 0.3) is 0 Å². The van der Waals surface area contributed by atoms with Crippen LogP contribution < -0.4 is 0 Å². The van der Waals surface area contributed by atoms with Crippen molar-refractivity contribution in [1.82, 2.24) is 4.57 Å². The molecule has 0 amide bonds. The van der Waals surface area contributed by atoms with Gasteiger partial charge in [0, 0.05) is 47.4 Å². The molecule has 0 unspecified atom stereocenters. The smallest absolute Gasteiger partial charge is 0.0702 e. The first kappa shape index (κ1) is 13.0. The van der Waals surface area contributed by atoms with Crippen LogP contribution in [-0.2, 0) is 17.9 Å². The molecule has 1 aliphatic rings. The molecule has 19 heavy (non-hydrogen) atoms. The van der Waals surface area contributed by atoms with Gasteiger partial charge in [0.2, 0.25) is 0 Å². The molecule has 0 bridgehead atoms. The first-order valence-electron chi connectivity index (χ1n) is 6.74. The first-order valence-corrected chi connectivity index (χ1v) is 7.11. The van der Waals surface area contributed by atoms with Gasteiger partial charge in [0.15, 0.2) is 0 Å². The number of hydrogen-bond donors (Lipinski definition) is 1. The van der Waals surface area contributed by atoms with Crippen molar-refractivity contribution in [3.05, 3.63) is 35.0 Å². The fraction of sp³-hybridized carbons (Fsp3) is 0.467. The lowest BCUT2D eigenvalue weighted by Gasteiger charge is -2.22. The van der Waals surface area contributed by atoms with Crippen LogP contribution in [-0.4, -0.2) is 22.9 Å². The van der Waals surface area contributed by atoms with E-state index in [-0.39, 0.29) is 6.61 Å². The van der Waals surface area contributed by atoms with Gasteiger partial charge in [-0.25, -0.2) is 0 Å². The minimum absolute atomic E-state index is 0.0684. The SMILES string of the molecule is OCc1cn(CC2CCOCC2)c2cc(Cl)ccc12. The van der Waals surface area contributed by atoms with Gasteiger partial charge in [0.05, 0.1) is 6.61 Å². The highest BCUT2D eigenvalue weighted by atomic mass is 35.5. The second-order valence-electron chi connectivity index (χ2n) is 5.18. The van der Waals surface area contributed by atoms with Crippen LogP contribution in [0.1, 0.15) is 18.4 Å². The highest BCUT2D eigenvalue weighted by molar-refractivity contribution is 6.31. The van der Waals surface area contributed by atoms with E-state index in [0.717, 1.165) is 54.1 Å². The van der Waals surface area contributed by atoms with Crippen molar-refractivity contribution in [2.75, 3.05) is 13.2 Å². The van der Waals surface area contributed by atoms with Crippen molar-refractivity contribution in [2.24, 2.45) is 5.92 Å². The lowest BCUT2D eigenvalue weighted by molar-refractivity contribution is 0.0616. The molecule has 1 N–H and O–H groups in total. The van der Waals surface area contributed by atoms with E-state index in [4.69, 9.17) is 16.3 Å². The summed E-state index contributed by atoms with van der Waals surface area (Å²) in [5, 5.41) is 11.3. The average Bonchev–Trinajstić information content (AvgIpc) is 2.77. The largest absolute Gasteiger partial charge is 0.392 e. The fourth-order valence-corrected chi connectivity index (χ4v) is 2.99. The van der Waals surface area contributed by atoms with Crippen LogP contribution in [0.3, 0.4) is 0 Å². The van der Waals surface area contributed by atoms with Crippen molar-refractivity contribution >= 4 is 22.5 Å². The molecule has 1 aliphatic heterocycles. The Bertz CT molecular complexity index is 573. The van der Waals surface area contributed by atoms with Gasteiger partial charge in [-0.15, -0.1) is 0 Å². The number of hydrogen-bond acceptors (Lipinski definition) is 2. The van der Waals surface area contributed by atoms with Gasteiger partial charge in [-0.05, 0) is 30.9 Å². The molecular weight excluding hydrogens is 262 g/mol. The molecule has 0 spiro atoms. The van der Waals surface area contributed by atoms with Gasteiger partial charge in [0.1, 0.15) is 0 Å². The summed E-state index contributed by atoms with van der Waals surface area (Å²) in [5.74, 6) is 0.648. The number of ether oxygens (including phenoxy) is 1. The summed E-state index contributed by atoms with van der Waals surface area (Å²) in [5.41, 5.74) is 2.08. The zero-order valence-electron chi connectivity index (χ0n) is 10.8. The predicted octanol–water partition coefficient (Wildman–Crippen LogP) is 3.21. The number of benzene rings is 1. The average molecular weight is 280 g/mol. The van der Waals surface area contributed by atoms with Crippen molar-refractivity contribution in [3.63, 3.8) is 0 Å². The number of fused-ring (bicyclic) bond motifs is 1. The normalized spacial score (nSPS) is 17.2. The van der Waals surface area contributed by atoms with E-state index in [2.05, 4.69) is 10.8 Å². The van der Waals surface area contributed by atoms with Crippen molar-refractivity contribution in [3.8, 4) is 0 Å². The van der Waals surface area contributed by atoms with Gasteiger partial charge in [-0.2, -0.15) is 0 Å². The Hall–Kier alpha value is -1.03. The summed E-state index contributed by atoms with van der Waals surface area (Å²) >= 11 is 6.09. The topological polar surface area (TPSA) is 34.4 Å². The molecule has 1 saturated heterocycles. The summed E-state index contributed by atoms with van der Waals surface area (Å²) in [6.07, 6.45) is 4.26. The Morgan fingerprint density at radius 3 is 2.84 bits per heavy atom. The third kappa shape index (κ3) is 2.64. The van der Waals surface area contributed by atoms with Crippen LogP contribution in [0.2, 0.25) is 5.02 Å². The molecule has 2 heterocycles. The first-order chi connectivity index (χ1) is 9.28. The Kier molecular flexibility index (Phi) is 3.78. The number of aromatic nitrogens is 1. The van der Waals surface area contributed by atoms with E-state index in [1.807, 2.05) is 18.2 Å². The van der Waals surface area contributed by atoms with E-state index in [1.54, 1.807) is 0 Å². The summed E-state index contributed by atoms with van der Waals surface area (Å²) < 4.78 is 7.62.